The van der Waals surface area contributed by atoms with E-state index in [0.29, 0.717) is 0 Å². The van der Waals surface area contributed by atoms with Crippen LogP contribution in [0.1, 0.15) is 44.5 Å². The van der Waals surface area contributed by atoms with E-state index in [2.05, 4.69) is 229 Å². The SMILES string of the molecule is c1ccc(-c2cccc(N(c3ccccc3)c3ccc4c(c3)C3(c5ccccc5-c5ccccc53)c3ccccc3C43c4ccccc4-c4ccccc43)c2)cc1. The first-order valence-electron chi connectivity index (χ1n) is 19.9. The quantitative estimate of drug-likeness (QED) is 0.175. The van der Waals surface area contributed by atoms with Gasteiger partial charge in [-0.25, -0.2) is 0 Å². The molecule has 0 aliphatic heterocycles. The number of anilines is 3. The van der Waals surface area contributed by atoms with Crippen molar-refractivity contribution in [2.45, 2.75) is 10.8 Å². The van der Waals surface area contributed by atoms with Crippen LogP contribution in [0.4, 0.5) is 17.1 Å². The zero-order valence-electron chi connectivity index (χ0n) is 31.3. The maximum atomic E-state index is 2.54. The van der Waals surface area contributed by atoms with Gasteiger partial charge in [-0.3, -0.25) is 0 Å². The van der Waals surface area contributed by atoms with Crippen molar-refractivity contribution in [3.05, 3.63) is 269 Å². The molecule has 0 heterocycles. The van der Waals surface area contributed by atoms with Crippen LogP contribution in [0.2, 0.25) is 0 Å². The lowest BCUT2D eigenvalue weighted by Gasteiger charge is -2.49. The molecule has 2 spiro atoms. The summed E-state index contributed by atoms with van der Waals surface area (Å²) in [6.45, 7) is 0. The Morgan fingerprint density at radius 1 is 0.228 bits per heavy atom. The van der Waals surface area contributed by atoms with Crippen LogP contribution in [0.5, 0.6) is 0 Å². The van der Waals surface area contributed by atoms with Gasteiger partial charge < -0.3 is 4.90 Å². The highest BCUT2D eigenvalue weighted by Crippen LogP contribution is 2.67. The van der Waals surface area contributed by atoms with Gasteiger partial charge in [0, 0.05) is 17.1 Å². The van der Waals surface area contributed by atoms with Crippen molar-refractivity contribution in [1.82, 2.24) is 0 Å². The second kappa shape index (κ2) is 12.1. The highest BCUT2D eigenvalue weighted by Gasteiger charge is 2.59. The van der Waals surface area contributed by atoms with Crippen molar-refractivity contribution >= 4 is 17.1 Å². The van der Waals surface area contributed by atoms with E-state index in [1.807, 2.05) is 0 Å². The third kappa shape index (κ3) is 4.23. The number of hydrogen-bond donors (Lipinski definition) is 0. The minimum Gasteiger partial charge on any atom is -0.310 e. The summed E-state index contributed by atoms with van der Waals surface area (Å²) in [7, 11) is 0. The fourth-order valence-corrected chi connectivity index (χ4v) is 10.8. The van der Waals surface area contributed by atoms with Crippen LogP contribution in [0.3, 0.4) is 0 Å². The molecule has 0 atom stereocenters. The summed E-state index contributed by atoms with van der Waals surface area (Å²) in [5.41, 5.74) is 20.6. The Bertz CT molecular complexity index is 2940. The van der Waals surface area contributed by atoms with Crippen molar-refractivity contribution in [3.63, 3.8) is 0 Å². The Labute approximate surface area is 333 Å². The van der Waals surface area contributed by atoms with Crippen molar-refractivity contribution in [2.75, 3.05) is 4.90 Å². The molecule has 0 fully saturated rings. The number of para-hydroxylation sites is 1. The zero-order chi connectivity index (χ0) is 37.6. The van der Waals surface area contributed by atoms with E-state index in [0.717, 1.165) is 17.1 Å². The molecule has 0 aromatic heterocycles. The van der Waals surface area contributed by atoms with Crippen molar-refractivity contribution in [2.24, 2.45) is 0 Å². The molecule has 1 heteroatoms. The molecule has 0 saturated carbocycles. The number of benzene rings is 9. The molecule has 3 aliphatic carbocycles. The lowest BCUT2D eigenvalue weighted by Crippen LogP contribution is -2.43. The van der Waals surface area contributed by atoms with E-state index >= 15 is 0 Å². The monoisotopic (exact) mass is 723 g/mol. The summed E-state index contributed by atoms with van der Waals surface area (Å²) >= 11 is 0. The van der Waals surface area contributed by atoms with Crippen LogP contribution in [0.25, 0.3) is 33.4 Å². The van der Waals surface area contributed by atoms with Gasteiger partial charge in [-0.2, -0.15) is 0 Å². The average Bonchev–Trinajstić information content (AvgIpc) is 3.75. The zero-order valence-corrected chi connectivity index (χ0v) is 31.3. The van der Waals surface area contributed by atoms with Crippen LogP contribution in [-0.4, -0.2) is 0 Å². The summed E-state index contributed by atoms with van der Waals surface area (Å²) in [6.07, 6.45) is 0. The first kappa shape index (κ1) is 32.1. The van der Waals surface area contributed by atoms with E-state index in [9.17, 15) is 0 Å². The minimum atomic E-state index is -0.554. The summed E-state index contributed by atoms with van der Waals surface area (Å²) in [5.74, 6) is 0. The van der Waals surface area contributed by atoms with Crippen molar-refractivity contribution < 1.29 is 0 Å². The number of nitrogens with zero attached hydrogens (tertiary/aromatic N) is 1. The van der Waals surface area contributed by atoms with E-state index < -0.39 is 10.8 Å². The molecule has 57 heavy (non-hydrogen) atoms. The largest absolute Gasteiger partial charge is 0.310 e. The molecule has 12 rings (SSSR count). The second-order valence-corrected chi connectivity index (χ2v) is 15.5. The summed E-state index contributed by atoms with van der Waals surface area (Å²) in [6, 6.07) is 83.8. The van der Waals surface area contributed by atoms with Gasteiger partial charge in [0.05, 0.1) is 10.8 Å². The topological polar surface area (TPSA) is 3.24 Å². The molecule has 3 aliphatic rings. The van der Waals surface area contributed by atoms with Gasteiger partial charge in [0.2, 0.25) is 0 Å². The molecule has 0 unspecified atom stereocenters. The summed E-state index contributed by atoms with van der Waals surface area (Å²) in [5, 5.41) is 0. The molecular formula is C56H37N. The molecule has 0 amide bonds. The Kier molecular flexibility index (Phi) is 6.83. The van der Waals surface area contributed by atoms with Crippen LogP contribution in [0.15, 0.2) is 224 Å². The highest BCUT2D eigenvalue weighted by atomic mass is 15.1. The van der Waals surface area contributed by atoms with Crippen LogP contribution in [-0.2, 0) is 10.8 Å². The average molecular weight is 724 g/mol. The Balaban J connectivity index is 1.22. The summed E-state index contributed by atoms with van der Waals surface area (Å²) < 4.78 is 0. The molecule has 1 nitrogen and oxygen atoms in total. The van der Waals surface area contributed by atoms with Gasteiger partial charge in [0.15, 0.2) is 0 Å². The first-order chi connectivity index (χ1) is 28.3. The van der Waals surface area contributed by atoms with Crippen LogP contribution < -0.4 is 4.90 Å². The van der Waals surface area contributed by atoms with Gasteiger partial charge in [-0.15, -0.1) is 0 Å². The summed E-state index contributed by atoms with van der Waals surface area (Å²) in [4.78, 5) is 2.44. The van der Waals surface area contributed by atoms with Crippen molar-refractivity contribution in [1.29, 1.82) is 0 Å². The van der Waals surface area contributed by atoms with E-state index in [-0.39, 0.29) is 0 Å². The molecule has 0 N–H and O–H groups in total. The number of rotatable bonds is 4. The normalized spacial score (nSPS) is 14.2. The van der Waals surface area contributed by atoms with Crippen molar-refractivity contribution in [3.8, 4) is 33.4 Å². The second-order valence-electron chi connectivity index (χ2n) is 15.5. The minimum absolute atomic E-state index is 0.514. The third-order valence-electron chi connectivity index (χ3n) is 12.9. The van der Waals surface area contributed by atoms with Gasteiger partial charge in [-0.1, -0.05) is 188 Å². The third-order valence-corrected chi connectivity index (χ3v) is 12.9. The van der Waals surface area contributed by atoms with E-state index in [1.54, 1.807) is 0 Å². The maximum Gasteiger partial charge on any atom is 0.0720 e. The van der Waals surface area contributed by atoms with Gasteiger partial charge >= 0.3 is 0 Å². The Morgan fingerprint density at radius 2 is 0.596 bits per heavy atom. The Hall–Kier alpha value is -7.22. The molecular weight excluding hydrogens is 687 g/mol. The van der Waals surface area contributed by atoms with Crippen LogP contribution >= 0.6 is 0 Å². The predicted octanol–water partition coefficient (Wildman–Crippen LogP) is 13.9. The fourth-order valence-electron chi connectivity index (χ4n) is 10.8. The molecule has 266 valence electrons. The standard InChI is InChI=1S/C56H37N/c1-3-18-38(19-4-1)39-20-17-23-41(36-39)57(40-21-5-2-6-22-40)42-34-35-53-54(37-42)56(49-30-13-9-26-45(49)46-27-10-14-31-50(46)56)52-33-16-15-32-51(52)55(53)47-28-11-7-24-43(47)44-25-8-12-29-48(44)55/h1-37H. The number of hydrogen-bond acceptors (Lipinski definition) is 1. The molecule has 0 radical (unpaired) electrons. The predicted molar refractivity (Wildman–Crippen MR) is 235 cm³/mol. The molecule has 0 saturated heterocycles. The lowest BCUT2D eigenvalue weighted by atomic mass is 9.52. The maximum absolute atomic E-state index is 2.54. The Morgan fingerprint density at radius 3 is 1.12 bits per heavy atom. The van der Waals surface area contributed by atoms with E-state index in [4.69, 9.17) is 0 Å². The van der Waals surface area contributed by atoms with Gasteiger partial charge in [-0.05, 0) is 114 Å². The number of fused-ring (bicyclic) bond motifs is 16. The van der Waals surface area contributed by atoms with Crippen LogP contribution in [0, 0.1) is 0 Å². The van der Waals surface area contributed by atoms with Gasteiger partial charge in [0.1, 0.15) is 0 Å². The smallest absolute Gasteiger partial charge is 0.0720 e. The molecule has 0 bridgehead atoms. The van der Waals surface area contributed by atoms with E-state index in [1.165, 1.54) is 77.9 Å². The highest BCUT2D eigenvalue weighted by molar-refractivity contribution is 5.94. The molecule has 9 aromatic rings. The molecule has 9 aromatic carbocycles. The lowest BCUT2D eigenvalue weighted by molar-refractivity contribution is 0.633. The fraction of sp³-hybridized carbons (Fsp3) is 0.0357. The van der Waals surface area contributed by atoms with Gasteiger partial charge in [0.25, 0.3) is 0 Å². The first-order valence-corrected chi connectivity index (χ1v) is 19.9.